The molecule has 0 unspecified atom stereocenters. The summed E-state index contributed by atoms with van der Waals surface area (Å²) in [6, 6.07) is 0. The fourth-order valence-corrected chi connectivity index (χ4v) is 7.43. The molecule has 3 aliphatic heterocycles. The molecule has 0 spiro atoms. The van der Waals surface area contributed by atoms with Gasteiger partial charge in [0.1, 0.15) is 11.8 Å². The Hall–Kier alpha value is -1.69. The van der Waals surface area contributed by atoms with Gasteiger partial charge in [-0.15, -0.1) is 0 Å². The van der Waals surface area contributed by atoms with E-state index in [1.54, 1.807) is 0 Å². The molecule has 6 nitrogen and oxygen atoms in total. The van der Waals surface area contributed by atoms with Gasteiger partial charge in [-0.25, -0.2) is 0 Å². The van der Waals surface area contributed by atoms with Crippen molar-refractivity contribution < 1.29 is 24.2 Å². The third-order valence-corrected chi connectivity index (χ3v) is 8.86. The molecule has 5 rings (SSSR count). The summed E-state index contributed by atoms with van der Waals surface area (Å²) in [5, 5.41) is 11.2. The molecule has 3 saturated heterocycles. The number of fused-ring (bicyclic) bond motifs is 1. The largest absolute Gasteiger partial charge is 0.455 e. The molecule has 9 atom stereocenters. The second-order valence-corrected chi connectivity index (χ2v) is 10.6. The summed E-state index contributed by atoms with van der Waals surface area (Å²) in [7, 11) is 0. The molecular formula is C23H31NO5. The number of ketones is 1. The van der Waals surface area contributed by atoms with E-state index in [9.17, 15) is 19.5 Å². The van der Waals surface area contributed by atoms with Gasteiger partial charge in [0.2, 0.25) is 5.91 Å². The normalized spacial score (nSPS) is 50.9. The van der Waals surface area contributed by atoms with Crippen LogP contribution in [0.5, 0.6) is 0 Å². The second kappa shape index (κ2) is 5.93. The van der Waals surface area contributed by atoms with Gasteiger partial charge >= 0.3 is 5.97 Å². The molecule has 1 N–H and O–H groups in total. The smallest absolute Gasteiger partial charge is 0.314 e. The molecule has 0 bridgehead atoms. The first-order chi connectivity index (χ1) is 13.6. The van der Waals surface area contributed by atoms with Crippen molar-refractivity contribution in [1.82, 2.24) is 4.90 Å². The fourth-order valence-electron chi connectivity index (χ4n) is 7.43. The number of rotatable bonds is 2. The van der Waals surface area contributed by atoms with Crippen molar-refractivity contribution in [2.45, 2.75) is 65.2 Å². The summed E-state index contributed by atoms with van der Waals surface area (Å²) < 4.78 is 5.47. The van der Waals surface area contributed by atoms with Gasteiger partial charge in [0, 0.05) is 12.5 Å². The second-order valence-electron chi connectivity index (χ2n) is 10.6. The molecule has 0 aromatic heterocycles. The van der Waals surface area contributed by atoms with Crippen molar-refractivity contribution in [1.29, 1.82) is 0 Å². The number of aliphatic hydroxyl groups is 1. The highest BCUT2D eigenvalue weighted by atomic mass is 16.6. The summed E-state index contributed by atoms with van der Waals surface area (Å²) in [4.78, 5) is 40.8. The zero-order chi connectivity index (χ0) is 20.9. The molecule has 1 amide bonds. The number of hydrogen-bond donors (Lipinski definition) is 1. The predicted molar refractivity (Wildman–Crippen MR) is 104 cm³/mol. The molecule has 5 aliphatic rings. The average Bonchev–Trinajstić information content (AvgIpc) is 3.18. The van der Waals surface area contributed by atoms with Gasteiger partial charge in [-0.1, -0.05) is 38.8 Å². The molecular weight excluding hydrogens is 370 g/mol. The van der Waals surface area contributed by atoms with Crippen LogP contribution < -0.4 is 0 Å². The topological polar surface area (TPSA) is 83.9 Å². The molecule has 0 aromatic carbocycles. The Morgan fingerprint density at radius 1 is 1.24 bits per heavy atom. The number of carbonyl (C=O) groups excluding carboxylic acids is 3. The highest BCUT2D eigenvalue weighted by molar-refractivity contribution is 6.07. The van der Waals surface area contributed by atoms with Crippen LogP contribution in [0.25, 0.3) is 0 Å². The van der Waals surface area contributed by atoms with E-state index < -0.39 is 29.6 Å². The van der Waals surface area contributed by atoms with Crippen molar-refractivity contribution in [3.8, 4) is 0 Å². The maximum atomic E-state index is 13.9. The summed E-state index contributed by atoms with van der Waals surface area (Å²) >= 11 is 0. The minimum absolute atomic E-state index is 0.0415. The van der Waals surface area contributed by atoms with Crippen LogP contribution in [-0.4, -0.2) is 46.0 Å². The van der Waals surface area contributed by atoms with E-state index >= 15 is 0 Å². The Morgan fingerprint density at radius 2 is 1.97 bits per heavy atom. The van der Waals surface area contributed by atoms with E-state index in [2.05, 4.69) is 33.8 Å². The molecule has 4 fully saturated rings. The van der Waals surface area contributed by atoms with Crippen molar-refractivity contribution in [2.75, 3.05) is 6.54 Å². The monoisotopic (exact) mass is 401 g/mol. The highest BCUT2D eigenvalue weighted by Gasteiger charge is 2.74. The number of allylic oxidation sites excluding steroid dienone is 2. The number of amides is 1. The number of carbonyl (C=O) groups is 3. The SMILES string of the molecule is CC1=C[C@]2(C)C[C@@H](C)CC[C@@H]2[C@@H](C(=O)[C@H]2C(=O)N3CC[C@@H]4C(=O)O[C@H]2[C@@]43O)[C@@H]1C. The minimum atomic E-state index is -1.64. The number of Topliss-reactive ketones (excluding diaryl/α,β-unsaturated/α-hetero) is 1. The van der Waals surface area contributed by atoms with E-state index in [4.69, 9.17) is 4.74 Å². The van der Waals surface area contributed by atoms with Crippen LogP contribution in [0, 0.1) is 40.9 Å². The first-order valence-electron chi connectivity index (χ1n) is 11.1. The van der Waals surface area contributed by atoms with Gasteiger partial charge in [0.05, 0.1) is 0 Å². The molecule has 2 aliphatic carbocycles. The number of esters is 1. The lowest BCUT2D eigenvalue weighted by atomic mass is 9.52. The lowest BCUT2D eigenvalue weighted by Crippen LogP contribution is -2.50. The first kappa shape index (κ1) is 19.3. The van der Waals surface area contributed by atoms with Gasteiger partial charge in [0.25, 0.3) is 0 Å². The van der Waals surface area contributed by atoms with E-state index in [-0.39, 0.29) is 34.9 Å². The number of ether oxygens (including phenoxy) is 1. The van der Waals surface area contributed by atoms with Gasteiger partial charge in [-0.2, -0.15) is 0 Å². The average molecular weight is 402 g/mol. The molecule has 0 aromatic rings. The molecule has 158 valence electrons. The van der Waals surface area contributed by atoms with Crippen LogP contribution >= 0.6 is 0 Å². The Morgan fingerprint density at radius 3 is 2.69 bits per heavy atom. The Balaban J connectivity index is 1.53. The van der Waals surface area contributed by atoms with E-state index in [1.807, 2.05) is 0 Å². The van der Waals surface area contributed by atoms with Crippen LogP contribution in [0.3, 0.4) is 0 Å². The summed E-state index contributed by atoms with van der Waals surface area (Å²) in [6.07, 6.45) is 4.78. The van der Waals surface area contributed by atoms with Gasteiger partial charge in [-0.3, -0.25) is 14.4 Å². The Kier molecular flexibility index (Phi) is 3.94. The number of hydrogen-bond acceptors (Lipinski definition) is 5. The summed E-state index contributed by atoms with van der Waals surface area (Å²) in [5.74, 6) is -2.22. The Bertz CT molecular complexity index is 835. The third-order valence-electron chi connectivity index (χ3n) is 8.86. The van der Waals surface area contributed by atoms with Crippen molar-refractivity contribution in [3.05, 3.63) is 11.6 Å². The van der Waals surface area contributed by atoms with Crippen LogP contribution in [0.4, 0.5) is 0 Å². The van der Waals surface area contributed by atoms with Gasteiger partial charge in [0.15, 0.2) is 17.6 Å². The first-order valence-corrected chi connectivity index (χ1v) is 11.1. The van der Waals surface area contributed by atoms with Crippen molar-refractivity contribution in [3.63, 3.8) is 0 Å². The lowest BCUT2D eigenvalue weighted by molar-refractivity contribution is -0.151. The highest BCUT2D eigenvalue weighted by Crippen LogP contribution is 2.57. The van der Waals surface area contributed by atoms with Crippen LogP contribution in [0.1, 0.15) is 53.4 Å². The Labute approximate surface area is 171 Å². The van der Waals surface area contributed by atoms with Gasteiger partial charge < -0.3 is 14.7 Å². The molecule has 6 heteroatoms. The van der Waals surface area contributed by atoms with E-state index in [0.29, 0.717) is 18.9 Å². The van der Waals surface area contributed by atoms with E-state index in [0.717, 1.165) is 19.3 Å². The molecule has 1 saturated carbocycles. The van der Waals surface area contributed by atoms with Crippen LogP contribution in [-0.2, 0) is 19.1 Å². The van der Waals surface area contributed by atoms with Crippen molar-refractivity contribution in [2.24, 2.45) is 40.9 Å². The van der Waals surface area contributed by atoms with Gasteiger partial charge in [-0.05, 0) is 49.4 Å². The van der Waals surface area contributed by atoms with E-state index in [1.165, 1.54) is 10.5 Å². The molecule has 3 heterocycles. The maximum absolute atomic E-state index is 13.9. The zero-order valence-electron chi connectivity index (χ0n) is 17.7. The van der Waals surface area contributed by atoms with Crippen LogP contribution in [0.15, 0.2) is 11.6 Å². The maximum Gasteiger partial charge on any atom is 0.314 e. The summed E-state index contributed by atoms with van der Waals surface area (Å²) in [5.41, 5.74) is -0.498. The molecule has 0 radical (unpaired) electrons. The third kappa shape index (κ3) is 2.30. The quantitative estimate of drug-likeness (QED) is 0.436. The zero-order valence-corrected chi connectivity index (χ0v) is 17.7. The van der Waals surface area contributed by atoms with Crippen molar-refractivity contribution >= 4 is 17.7 Å². The predicted octanol–water partition coefficient (Wildman–Crippen LogP) is 2.30. The molecule has 29 heavy (non-hydrogen) atoms. The standard InChI is InChI=1S/C23H31NO5/c1-11-5-6-14-16(13(3)12(2)10-22(14,4)9-11)18(25)17-19-23(28)15(21(27)29-19)7-8-24(23)20(17)26/h10-11,13-17,19,28H,5-9H2,1-4H3/t11-,13+,14+,15+,16-,17+,19+,22-,23-/m0/s1. The fraction of sp³-hybridized carbons (Fsp3) is 0.783. The minimum Gasteiger partial charge on any atom is -0.455 e. The van der Waals surface area contributed by atoms with Crippen LogP contribution in [0.2, 0.25) is 0 Å². The summed E-state index contributed by atoms with van der Waals surface area (Å²) in [6.45, 7) is 8.98. The lowest BCUT2D eigenvalue weighted by Gasteiger charge is -2.51. The number of nitrogens with zero attached hydrogens (tertiary/aromatic N) is 1.